The number of benzene rings is 1. The van der Waals surface area contributed by atoms with Crippen LogP contribution in [0, 0.1) is 11.6 Å². The van der Waals surface area contributed by atoms with Crippen molar-refractivity contribution in [1.29, 1.82) is 0 Å². The molecule has 0 amide bonds. The molecule has 106 valence electrons. The van der Waals surface area contributed by atoms with E-state index in [0.29, 0.717) is 12.4 Å². The van der Waals surface area contributed by atoms with Gasteiger partial charge in [0.1, 0.15) is 0 Å². The number of piperazine rings is 1. The Labute approximate surface area is 114 Å². The fourth-order valence-corrected chi connectivity index (χ4v) is 2.24. The monoisotopic (exact) mass is 280 g/mol. The molecule has 7 heteroatoms. The maximum absolute atomic E-state index is 13.7. The van der Waals surface area contributed by atoms with Crippen LogP contribution in [0.3, 0.4) is 0 Å². The number of rotatable bonds is 2. The molecule has 3 rings (SSSR count). The van der Waals surface area contributed by atoms with Crippen molar-refractivity contribution in [2.75, 3.05) is 26.7 Å². The van der Waals surface area contributed by atoms with Crippen molar-refractivity contribution in [3.8, 4) is 11.5 Å². The SMILES string of the molecule is CN1CCNCC1c1noc(-c2cccc(F)c2F)n1. The highest BCUT2D eigenvalue weighted by Gasteiger charge is 2.26. The van der Waals surface area contributed by atoms with Gasteiger partial charge >= 0.3 is 0 Å². The van der Waals surface area contributed by atoms with Crippen LogP contribution in [0.4, 0.5) is 8.78 Å². The Hall–Kier alpha value is -1.86. The number of likely N-dealkylation sites (N-methyl/N-ethyl adjacent to an activating group) is 1. The first-order valence-electron chi connectivity index (χ1n) is 6.36. The third-order valence-electron chi connectivity index (χ3n) is 3.43. The predicted molar refractivity (Wildman–Crippen MR) is 67.9 cm³/mol. The topological polar surface area (TPSA) is 54.2 Å². The Bertz CT molecular complexity index is 616. The van der Waals surface area contributed by atoms with Crippen LogP contribution in [0.25, 0.3) is 11.5 Å². The van der Waals surface area contributed by atoms with Crippen LogP contribution in [0.2, 0.25) is 0 Å². The summed E-state index contributed by atoms with van der Waals surface area (Å²) in [5.74, 6) is -1.44. The Morgan fingerprint density at radius 1 is 1.40 bits per heavy atom. The average Bonchev–Trinajstić information content (AvgIpc) is 2.92. The molecular formula is C13H14F2N4O. The van der Waals surface area contributed by atoms with Gasteiger partial charge < -0.3 is 9.84 Å². The summed E-state index contributed by atoms with van der Waals surface area (Å²) in [5.41, 5.74) is -0.0184. The van der Waals surface area contributed by atoms with Crippen LogP contribution < -0.4 is 5.32 Å². The van der Waals surface area contributed by atoms with Crippen molar-refractivity contribution in [2.45, 2.75) is 6.04 Å². The van der Waals surface area contributed by atoms with E-state index < -0.39 is 11.6 Å². The molecule has 0 aliphatic carbocycles. The van der Waals surface area contributed by atoms with E-state index in [1.165, 1.54) is 12.1 Å². The van der Waals surface area contributed by atoms with Crippen LogP contribution in [0.1, 0.15) is 11.9 Å². The molecule has 1 fully saturated rings. The minimum absolute atomic E-state index is 0.00373. The third kappa shape index (κ3) is 2.30. The van der Waals surface area contributed by atoms with E-state index in [9.17, 15) is 8.78 Å². The van der Waals surface area contributed by atoms with Crippen molar-refractivity contribution in [3.63, 3.8) is 0 Å². The van der Waals surface area contributed by atoms with Crippen molar-refractivity contribution < 1.29 is 13.3 Å². The van der Waals surface area contributed by atoms with E-state index in [0.717, 1.165) is 19.2 Å². The lowest BCUT2D eigenvalue weighted by Crippen LogP contribution is -2.44. The lowest BCUT2D eigenvalue weighted by Gasteiger charge is -2.30. The highest BCUT2D eigenvalue weighted by Crippen LogP contribution is 2.25. The van der Waals surface area contributed by atoms with Crippen LogP contribution in [-0.4, -0.2) is 41.7 Å². The number of nitrogens with one attached hydrogen (secondary N) is 1. The van der Waals surface area contributed by atoms with E-state index in [1.807, 2.05) is 7.05 Å². The van der Waals surface area contributed by atoms with E-state index >= 15 is 0 Å². The molecule has 2 heterocycles. The number of hydrogen-bond acceptors (Lipinski definition) is 5. The minimum Gasteiger partial charge on any atom is -0.334 e. The van der Waals surface area contributed by atoms with E-state index in [2.05, 4.69) is 20.4 Å². The van der Waals surface area contributed by atoms with Crippen LogP contribution >= 0.6 is 0 Å². The number of aromatic nitrogens is 2. The summed E-state index contributed by atoms with van der Waals surface area (Å²) in [7, 11) is 1.96. The lowest BCUT2D eigenvalue weighted by atomic mass is 10.2. The van der Waals surface area contributed by atoms with Gasteiger partial charge in [0.25, 0.3) is 5.89 Å². The van der Waals surface area contributed by atoms with Crippen molar-refractivity contribution >= 4 is 0 Å². The molecule has 1 N–H and O–H groups in total. The molecule has 1 aromatic carbocycles. The van der Waals surface area contributed by atoms with Gasteiger partial charge in [-0.05, 0) is 19.2 Å². The summed E-state index contributed by atoms with van der Waals surface area (Å²) in [4.78, 5) is 6.28. The fourth-order valence-electron chi connectivity index (χ4n) is 2.24. The van der Waals surface area contributed by atoms with Gasteiger partial charge in [0.15, 0.2) is 17.5 Å². The van der Waals surface area contributed by atoms with E-state index in [-0.39, 0.29) is 17.5 Å². The Balaban J connectivity index is 1.92. The van der Waals surface area contributed by atoms with Gasteiger partial charge in [0, 0.05) is 19.6 Å². The summed E-state index contributed by atoms with van der Waals surface area (Å²) in [6, 6.07) is 3.84. The first kappa shape index (κ1) is 13.1. The summed E-state index contributed by atoms with van der Waals surface area (Å²) >= 11 is 0. The van der Waals surface area contributed by atoms with Crippen molar-refractivity contribution in [1.82, 2.24) is 20.4 Å². The highest BCUT2D eigenvalue weighted by atomic mass is 19.2. The number of nitrogens with zero attached hydrogens (tertiary/aromatic N) is 3. The maximum atomic E-state index is 13.7. The summed E-state index contributed by atoms with van der Waals surface area (Å²) < 4.78 is 32.0. The van der Waals surface area contributed by atoms with E-state index in [1.54, 1.807) is 0 Å². The molecule has 1 aliphatic rings. The molecule has 1 atom stereocenters. The summed E-state index contributed by atoms with van der Waals surface area (Å²) in [6.45, 7) is 2.46. The highest BCUT2D eigenvalue weighted by molar-refractivity contribution is 5.53. The van der Waals surface area contributed by atoms with Crippen molar-refractivity contribution in [2.24, 2.45) is 0 Å². The first-order valence-corrected chi connectivity index (χ1v) is 6.36. The lowest BCUT2D eigenvalue weighted by molar-refractivity contribution is 0.190. The maximum Gasteiger partial charge on any atom is 0.261 e. The van der Waals surface area contributed by atoms with Gasteiger partial charge in [-0.3, -0.25) is 4.90 Å². The van der Waals surface area contributed by atoms with Gasteiger partial charge in [-0.1, -0.05) is 11.2 Å². The van der Waals surface area contributed by atoms with Crippen molar-refractivity contribution in [3.05, 3.63) is 35.7 Å². The average molecular weight is 280 g/mol. The second-order valence-corrected chi connectivity index (χ2v) is 4.76. The number of halogens is 2. The molecule has 5 nitrogen and oxygen atoms in total. The minimum atomic E-state index is -0.974. The van der Waals surface area contributed by atoms with E-state index in [4.69, 9.17) is 4.52 Å². The molecule has 2 aromatic rings. The molecule has 1 saturated heterocycles. The first-order chi connectivity index (χ1) is 9.66. The Morgan fingerprint density at radius 3 is 3.05 bits per heavy atom. The smallest absolute Gasteiger partial charge is 0.261 e. The van der Waals surface area contributed by atoms with Gasteiger partial charge in [-0.15, -0.1) is 0 Å². The van der Waals surface area contributed by atoms with Gasteiger partial charge in [0.05, 0.1) is 11.6 Å². The summed E-state index contributed by atoms with van der Waals surface area (Å²) in [5, 5.41) is 7.12. The zero-order valence-corrected chi connectivity index (χ0v) is 10.9. The molecule has 1 aliphatic heterocycles. The third-order valence-corrected chi connectivity index (χ3v) is 3.43. The summed E-state index contributed by atoms with van der Waals surface area (Å²) in [6.07, 6.45) is 0. The molecule has 1 unspecified atom stereocenters. The molecule has 0 saturated carbocycles. The Kier molecular flexibility index (Phi) is 3.45. The van der Waals surface area contributed by atoms with Crippen LogP contribution in [-0.2, 0) is 0 Å². The molecule has 0 spiro atoms. The molecule has 20 heavy (non-hydrogen) atoms. The van der Waals surface area contributed by atoms with Gasteiger partial charge in [-0.25, -0.2) is 8.78 Å². The molecule has 0 bridgehead atoms. The molecule has 0 radical (unpaired) electrons. The van der Waals surface area contributed by atoms with Gasteiger partial charge in [0.2, 0.25) is 0 Å². The van der Waals surface area contributed by atoms with Crippen LogP contribution in [0.5, 0.6) is 0 Å². The number of hydrogen-bond donors (Lipinski definition) is 1. The van der Waals surface area contributed by atoms with Gasteiger partial charge in [-0.2, -0.15) is 4.98 Å². The quantitative estimate of drug-likeness (QED) is 0.905. The largest absolute Gasteiger partial charge is 0.334 e. The predicted octanol–water partition coefficient (Wildman–Crippen LogP) is 1.59. The Morgan fingerprint density at radius 2 is 2.25 bits per heavy atom. The second kappa shape index (κ2) is 5.26. The standard InChI is InChI=1S/C13H14F2N4O/c1-19-6-5-16-7-10(19)12-17-13(20-18-12)8-3-2-4-9(14)11(8)15/h2-4,10,16H,5-7H2,1H3. The molecule has 1 aromatic heterocycles. The van der Waals surface area contributed by atoms with Crippen LogP contribution in [0.15, 0.2) is 22.7 Å². The molecular weight excluding hydrogens is 266 g/mol. The fraction of sp³-hybridized carbons (Fsp3) is 0.385. The second-order valence-electron chi connectivity index (χ2n) is 4.76. The zero-order valence-electron chi connectivity index (χ0n) is 10.9. The normalized spacial score (nSPS) is 20.2. The zero-order chi connectivity index (χ0) is 14.1.